The fourth-order valence-corrected chi connectivity index (χ4v) is 4.84. The Kier molecular flexibility index (Phi) is 5.09. The van der Waals surface area contributed by atoms with Crippen molar-refractivity contribution in [3.8, 4) is 11.3 Å². The Balaban J connectivity index is 1.94. The standard InChI is InChI=1S/C24H24N2O2S/c1-5-28-23(27)19-11-16-9-7-6-8-15(16)10-18(19)21-20-12-17(13-24(2,3)4)29-22(20)26-14-25-21/h6-12,14H,5,13H2,1-4H3. The molecule has 0 aliphatic carbocycles. The topological polar surface area (TPSA) is 52.1 Å². The van der Waals surface area contributed by atoms with E-state index in [9.17, 15) is 4.79 Å². The van der Waals surface area contributed by atoms with Gasteiger partial charge in [-0.05, 0) is 47.7 Å². The molecular weight excluding hydrogens is 380 g/mol. The van der Waals surface area contributed by atoms with Gasteiger partial charge in [0.1, 0.15) is 11.2 Å². The number of fused-ring (bicyclic) bond motifs is 2. The van der Waals surface area contributed by atoms with E-state index >= 15 is 0 Å². The number of carbonyl (C=O) groups is 1. The van der Waals surface area contributed by atoms with Gasteiger partial charge in [-0.15, -0.1) is 11.3 Å². The molecule has 4 nitrogen and oxygen atoms in total. The molecule has 2 heterocycles. The van der Waals surface area contributed by atoms with E-state index < -0.39 is 0 Å². The lowest BCUT2D eigenvalue weighted by molar-refractivity contribution is 0.0527. The maximum absolute atomic E-state index is 12.7. The van der Waals surface area contributed by atoms with E-state index in [4.69, 9.17) is 4.74 Å². The second kappa shape index (κ2) is 7.56. The molecule has 0 spiro atoms. The number of benzene rings is 2. The molecule has 0 aliphatic rings. The SMILES string of the molecule is CCOC(=O)c1cc2ccccc2cc1-c1ncnc2sc(CC(C)(C)C)cc12. The van der Waals surface area contributed by atoms with Gasteiger partial charge in [0.05, 0.1) is 17.9 Å². The van der Waals surface area contributed by atoms with Crippen molar-refractivity contribution in [3.63, 3.8) is 0 Å². The lowest BCUT2D eigenvalue weighted by Crippen LogP contribution is -2.07. The Morgan fingerprint density at radius 1 is 1.07 bits per heavy atom. The van der Waals surface area contributed by atoms with Crippen LogP contribution in [0.15, 0.2) is 48.8 Å². The van der Waals surface area contributed by atoms with Gasteiger partial charge in [0.2, 0.25) is 0 Å². The van der Waals surface area contributed by atoms with Crippen LogP contribution < -0.4 is 0 Å². The van der Waals surface area contributed by atoms with Crippen molar-refractivity contribution in [2.45, 2.75) is 34.1 Å². The highest BCUT2D eigenvalue weighted by Gasteiger charge is 2.21. The fourth-order valence-electron chi connectivity index (χ4n) is 3.54. The first-order chi connectivity index (χ1) is 13.9. The van der Waals surface area contributed by atoms with Crippen LogP contribution in [0, 0.1) is 5.41 Å². The second-order valence-electron chi connectivity index (χ2n) is 8.36. The predicted octanol–water partition coefficient (Wildman–Crippen LogP) is 6.28. The van der Waals surface area contributed by atoms with Gasteiger partial charge in [-0.2, -0.15) is 0 Å². The zero-order valence-corrected chi connectivity index (χ0v) is 18.0. The molecular formula is C24H24N2O2S. The van der Waals surface area contributed by atoms with Gasteiger partial charge in [-0.3, -0.25) is 0 Å². The van der Waals surface area contributed by atoms with E-state index in [1.807, 2.05) is 43.3 Å². The first-order valence-electron chi connectivity index (χ1n) is 9.79. The number of nitrogens with zero attached hydrogens (tertiary/aromatic N) is 2. The van der Waals surface area contributed by atoms with Gasteiger partial charge in [-0.25, -0.2) is 14.8 Å². The number of esters is 1. The van der Waals surface area contributed by atoms with Crippen molar-refractivity contribution >= 4 is 38.3 Å². The summed E-state index contributed by atoms with van der Waals surface area (Å²) in [5.74, 6) is -0.329. The Labute approximate surface area is 174 Å². The molecule has 2 aromatic heterocycles. The van der Waals surface area contributed by atoms with Crippen LogP contribution in [0.5, 0.6) is 0 Å². The van der Waals surface area contributed by atoms with Gasteiger partial charge < -0.3 is 4.74 Å². The smallest absolute Gasteiger partial charge is 0.338 e. The summed E-state index contributed by atoms with van der Waals surface area (Å²) >= 11 is 1.69. The highest BCUT2D eigenvalue weighted by atomic mass is 32.1. The minimum atomic E-state index is -0.329. The van der Waals surface area contributed by atoms with Gasteiger partial charge >= 0.3 is 5.97 Å². The second-order valence-corrected chi connectivity index (χ2v) is 9.47. The van der Waals surface area contributed by atoms with Gasteiger partial charge in [0.15, 0.2) is 0 Å². The van der Waals surface area contributed by atoms with Crippen LogP contribution in [0.2, 0.25) is 0 Å². The van der Waals surface area contributed by atoms with E-state index in [0.717, 1.165) is 38.7 Å². The van der Waals surface area contributed by atoms with Crippen molar-refractivity contribution in [2.75, 3.05) is 6.61 Å². The number of aromatic nitrogens is 2. The van der Waals surface area contributed by atoms with E-state index in [1.54, 1.807) is 17.7 Å². The number of ether oxygens (including phenoxy) is 1. The number of hydrogen-bond donors (Lipinski definition) is 0. The molecule has 0 atom stereocenters. The molecule has 4 rings (SSSR count). The van der Waals surface area contributed by atoms with Crippen molar-refractivity contribution in [3.05, 3.63) is 59.2 Å². The molecule has 0 bridgehead atoms. The molecule has 0 N–H and O–H groups in total. The minimum absolute atomic E-state index is 0.188. The predicted molar refractivity (Wildman–Crippen MR) is 119 cm³/mol. The molecule has 0 saturated carbocycles. The van der Waals surface area contributed by atoms with Crippen LogP contribution in [0.3, 0.4) is 0 Å². The van der Waals surface area contributed by atoms with Crippen LogP contribution in [0.25, 0.3) is 32.2 Å². The van der Waals surface area contributed by atoms with Crippen LogP contribution in [-0.2, 0) is 11.2 Å². The summed E-state index contributed by atoms with van der Waals surface area (Å²) in [6.07, 6.45) is 2.55. The molecule has 148 valence electrons. The maximum atomic E-state index is 12.7. The Morgan fingerprint density at radius 2 is 1.79 bits per heavy atom. The van der Waals surface area contributed by atoms with E-state index in [1.165, 1.54) is 4.88 Å². The Morgan fingerprint density at radius 3 is 2.48 bits per heavy atom. The van der Waals surface area contributed by atoms with Crippen LogP contribution in [-0.4, -0.2) is 22.5 Å². The number of rotatable bonds is 4. The molecule has 0 saturated heterocycles. The van der Waals surface area contributed by atoms with Gasteiger partial charge in [-0.1, -0.05) is 45.0 Å². The quantitative estimate of drug-likeness (QED) is 0.376. The molecule has 0 amide bonds. The number of hydrogen-bond acceptors (Lipinski definition) is 5. The van der Waals surface area contributed by atoms with E-state index in [2.05, 4.69) is 36.8 Å². The summed E-state index contributed by atoms with van der Waals surface area (Å²) < 4.78 is 5.34. The highest BCUT2D eigenvalue weighted by molar-refractivity contribution is 7.18. The lowest BCUT2D eigenvalue weighted by atomic mass is 9.91. The molecule has 0 radical (unpaired) electrons. The van der Waals surface area contributed by atoms with Crippen molar-refractivity contribution in [1.82, 2.24) is 9.97 Å². The first-order valence-corrected chi connectivity index (χ1v) is 10.6. The van der Waals surface area contributed by atoms with Gasteiger partial charge in [0, 0.05) is 15.8 Å². The summed E-state index contributed by atoms with van der Waals surface area (Å²) in [5.41, 5.74) is 2.29. The molecule has 5 heteroatoms. The van der Waals surface area contributed by atoms with Gasteiger partial charge in [0.25, 0.3) is 0 Å². The maximum Gasteiger partial charge on any atom is 0.338 e. The molecule has 0 aliphatic heterocycles. The van der Waals surface area contributed by atoms with E-state index in [0.29, 0.717) is 12.2 Å². The van der Waals surface area contributed by atoms with Crippen molar-refractivity contribution in [2.24, 2.45) is 5.41 Å². The molecule has 0 fully saturated rings. The summed E-state index contributed by atoms with van der Waals surface area (Å²) in [6, 6.07) is 14.1. The van der Waals surface area contributed by atoms with Crippen molar-refractivity contribution in [1.29, 1.82) is 0 Å². The third-order valence-electron chi connectivity index (χ3n) is 4.72. The zero-order valence-electron chi connectivity index (χ0n) is 17.2. The average Bonchev–Trinajstić information content (AvgIpc) is 3.07. The average molecular weight is 405 g/mol. The highest BCUT2D eigenvalue weighted by Crippen LogP contribution is 2.37. The Hall–Kier alpha value is -2.79. The first kappa shape index (κ1) is 19.5. The number of carbonyl (C=O) groups excluding carboxylic acids is 1. The summed E-state index contributed by atoms with van der Waals surface area (Å²) in [7, 11) is 0. The van der Waals surface area contributed by atoms with Crippen LogP contribution in [0.1, 0.15) is 42.9 Å². The fraction of sp³-hybridized carbons (Fsp3) is 0.292. The molecule has 29 heavy (non-hydrogen) atoms. The zero-order chi connectivity index (χ0) is 20.6. The molecule has 0 unspecified atom stereocenters. The normalized spacial score (nSPS) is 11.9. The largest absolute Gasteiger partial charge is 0.462 e. The lowest BCUT2D eigenvalue weighted by Gasteiger charge is -2.16. The van der Waals surface area contributed by atoms with Crippen molar-refractivity contribution < 1.29 is 9.53 Å². The summed E-state index contributed by atoms with van der Waals surface area (Å²) in [6.45, 7) is 8.84. The van der Waals surface area contributed by atoms with Crippen LogP contribution in [0.4, 0.5) is 0 Å². The van der Waals surface area contributed by atoms with E-state index in [-0.39, 0.29) is 11.4 Å². The third kappa shape index (κ3) is 4.01. The monoisotopic (exact) mass is 404 g/mol. The Bertz CT molecular complexity index is 1200. The molecule has 4 aromatic rings. The summed E-state index contributed by atoms with van der Waals surface area (Å²) in [4.78, 5) is 24.0. The van der Waals surface area contributed by atoms with Crippen LogP contribution >= 0.6 is 11.3 Å². The summed E-state index contributed by atoms with van der Waals surface area (Å²) in [5, 5.41) is 3.05. The third-order valence-corrected chi connectivity index (χ3v) is 5.76. The molecule has 2 aromatic carbocycles. The number of thiophene rings is 1. The minimum Gasteiger partial charge on any atom is -0.462 e.